The first kappa shape index (κ1) is 20.8. The first-order valence-corrected chi connectivity index (χ1v) is 9.40. The summed E-state index contributed by atoms with van der Waals surface area (Å²) in [6, 6.07) is 22.1. The highest BCUT2D eigenvalue weighted by Gasteiger charge is 2.13. The predicted molar refractivity (Wildman–Crippen MR) is 116 cm³/mol. The number of ether oxygens (including phenoxy) is 1. The highest BCUT2D eigenvalue weighted by atomic mass is 35.5. The third-order valence-electron chi connectivity index (χ3n) is 4.16. The lowest BCUT2D eigenvalue weighted by molar-refractivity contribution is -0.129. The molecule has 0 radical (unpaired) electrons. The van der Waals surface area contributed by atoms with Crippen LogP contribution >= 0.6 is 11.6 Å². The van der Waals surface area contributed by atoms with Crippen molar-refractivity contribution in [3.05, 3.63) is 100 Å². The van der Waals surface area contributed by atoms with E-state index < -0.39 is 5.97 Å². The fourth-order valence-electron chi connectivity index (χ4n) is 2.54. The van der Waals surface area contributed by atoms with Crippen LogP contribution in [-0.4, -0.2) is 11.9 Å². The van der Waals surface area contributed by atoms with Gasteiger partial charge >= 0.3 is 5.97 Å². The molecule has 0 atom stereocenters. The van der Waals surface area contributed by atoms with E-state index >= 15 is 0 Å². The van der Waals surface area contributed by atoms with E-state index in [0.717, 1.165) is 5.56 Å². The minimum atomic E-state index is -0.788. The van der Waals surface area contributed by atoms with Crippen LogP contribution in [0, 0.1) is 18.3 Å². The molecule has 0 unspecified atom stereocenters. The van der Waals surface area contributed by atoms with Gasteiger partial charge in [-0.1, -0.05) is 41.4 Å². The van der Waals surface area contributed by atoms with Gasteiger partial charge in [0.25, 0.3) is 5.91 Å². The Morgan fingerprint density at radius 2 is 1.60 bits per heavy atom. The zero-order chi connectivity index (χ0) is 21.5. The van der Waals surface area contributed by atoms with E-state index in [1.165, 1.54) is 18.2 Å². The van der Waals surface area contributed by atoms with Crippen molar-refractivity contribution in [3.8, 4) is 11.8 Å². The van der Waals surface area contributed by atoms with Gasteiger partial charge in [-0.25, -0.2) is 4.79 Å². The monoisotopic (exact) mass is 416 g/mol. The van der Waals surface area contributed by atoms with Crippen molar-refractivity contribution in [3.63, 3.8) is 0 Å². The summed E-state index contributed by atoms with van der Waals surface area (Å²) < 4.78 is 5.24. The van der Waals surface area contributed by atoms with E-state index in [9.17, 15) is 14.9 Å². The van der Waals surface area contributed by atoms with Crippen LogP contribution in [0.4, 0.5) is 5.69 Å². The number of esters is 1. The summed E-state index contributed by atoms with van der Waals surface area (Å²) in [6.45, 7) is 1.97. The summed E-state index contributed by atoms with van der Waals surface area (Å²) >= 11 is 5.83. The largest absolute Gasteiger partial charge is 0.422 e. The maximum Gasteiger partial charge on any atom is 0.354 e. The van der Waals surface area contributed by atoms with Gasteiger partial charge in [0.15, 0.2) is 0 Å². The van der Waals surface area contributed by atoms with Crippen LogP contribution < -0.4 is 10.1 Å². The average Bonchev–Trinajstić information content (AvgIpc) is 2.75. The van der Waals surface area contributed by atoms with Crippen molar-refractivity contribution in [2.24, 2.45) is 0 Å². The number of nitrogens with zero attached hydrogens (tertiary/aromatic N) is 1. The Labute approximate surface area is 179 Å². The second kappa shape index (κ2) is 9.55. The van der Waals surface area contributed by atoms with E-state index in [1.54, 1.807) is 36.4 Å². The van der Waals surface area contributed by atoms with E-state index in [2.05, 4.69) is 5.32 Å². The second-order valence-corrected chi connectivity index (χ2v) is 6.89. The van der Waals surface area contributed by atoms with Gasteiger partial charge in [-0.05, 0) is 67.1 Å². The Kier molecular flexibility index (Phi) is 6.63. The van der Waals surface area contributed by atoms with Gasteiger partial charge in [-0.15, -0.1) is 0 Å². The summed E-state index contributed by atoms with van der Waals surface area (Å²) in [7, 11) is 0. The zero-order valence-corrected chi connectivity index (χ0v) is 16.8. The van der Waals surface area contributed by atoms with Crippen molar-refractivity contribution in [1.29, 1.82) is 5.26 Å². The molecule has 0 heterocycles. The molecule has 3 aromatic carbocycles. The molecular weight excluding hydrogens is 400 g/mol. The fraction of sp³-hybridized carbons (Fsp3) is 0.0417. The number of anilines is 1. The molecule has 1 amide bonds. The number of hydrogen-bond donors (Lipinski definition) is 1. The number of benzene rings is 3. The maximum atomic E-state index is 12.3. The molecule has 30 heavy (non-hydrogen) atoms. The molecule has 3 rings (SSSR count). The van der Waals surface area contributed by atoms with Crippen molar-refractivity contribution >= 4 is 35.2 Å². The minimum absolute atomic E-state index is 0.154. The number of nitrogens with one attached hydrogen (secondary N) is 1. The standard InChI is InChI=1S/C24H17ClN2O3/c1-16-2-10-21(11-3-16)27-23(28)18-6-12-22(13-7-18)30-24(29)19(15-26)14-17-4-8-20(25)9-5-17/h2-14H,1H3,(H,27,28)/b19-14+. The summed E-state index contributed by atoms with van der Waals surface area (Å²) in [5.41, 5.74) is 2.69. The third kappa shape index (κ3) is 5.57. The summed E-state index contributed by atoms with van der Waals surface area (Å²) in [6.07, 6.45) is 1.42. The van der Waals surface area contributed by atoms with E-state index in [-0.39, 0.29) is 17.2 Å². The lowest BCUT2D eigenvalue weighted by atomic mass is 10.1. The van der Waals surface area contributed by atoms with Crippen LogP contribution in [-0.2, 0) is 4.79 Å². The molecule has 0 aliphatic carbocycles. The van der Waals surface area contributed by atoms with Crippen molar-refractivity contribution in [2.45, 2.75) is 6.92 Å². The minimum Gasteiger partial charge on any atom is -0.422 e. The van der Waals surface area contributed by atoms with E-state index in [1.807, 2.05) is 37.3 Å². The van der Waals surface area contributed by atoms with Gasteiger partial charge in [-0.2, -0.15) is 5.26 Å². The molecule has 0 saturated heterocycles. The number of rotatable bonds is 5. The topological polar surface area (TPSA) is 79.2 Å². The number of aryl methyl sites for hydroxylation is 1. The second-order valence-electron chi connectivity index (χ2n) is 6.46. The average molecular weight is 417 g/mol. The van der Waals surface area contributed by atoms with Crippen LogP contribution in [0.2, 0.25) is 5.02 Å². The Hall–Kier alpha value is -3.88. The van der Waals surface area contributed by atoms with Crippen LogP contribution in [0.1, 0.15) is 21.5 Å². The van der Waals surface area contributed by atoms with Crippen LogP contribution in [0.15, 0.2) is 78.4 Å². The van der Waals surface area contributed by atoms with Gasteiger partial charge in [0, 0.05) is 16.3 Å². The first-order chi connectivity index (χ1) is 14.4. The zero-order valence-electron chi connectivity index (χ0n) is 16.1. The van der Waals surface area contributed by atoms with Crippen LogP contribution in [0.5, 0.6) is 5.75 Å². The number of amides is 1. The molecule has 0 bridgehead atoms. The molecule has 0 saturated carbocycles. The number of halogens is 1. The Bertz CT molecular complexity index is 1130. The lowest BCUT2D eigenvalue weighted by Crippen LogP contribution is -2.12. The lowest BCUT2D eigenvalue weighted by Gasteiger charge is -2.07. The Balaban J connectivity index is 1.66. The molecule has 6 heteroatoms. The molecule has 0 aromatic heterocycles. The molecular formula is C24H17ClN2O3. The van der Waals surface area contributed by atoms with Crippen LogP contribution in [0.3, 0.4) is 0 Å². The van der Waals surface area contributed by atoms with Crippen molar-refractivity contribution < 1.29 is 14.3 Å². The Morgan fingerprint density at radius 1 is 0.967 bits per heavy atom. The Morgan fingerprint density at radius 3 is 2.20 bits per heavy atom. The highest BCUT2D eigenvalue weighted by Crippen LogP contribution is 2.17. The van der Waals surface area contributed by atoms with Gasteiger partial charge in [-0.3, -0.25) is 4.79 Å². The number of carbonyl (C=O) groups is 2. The first-order valence-electron chi connectivity index (χ1n) is 9.02. The van der Waals surface area contributed by atoms with E-state index in [4.69, 9.17) is 16.3 Å². The third-order valence-corrected chi connectivity index (χ3v) is 4.41. The number of carbonyl (C=O) groups excluding carboxylic acids is 2. The summed E-state index contributed by atoms with van der Waals surface area (Å²) in [4.78, 5) is 24.6. The van der Waals surface area contributed by atoms with Crippen molar-refractivity contribution in [2.75, 3.05) is 5.32 Å². The van der Waals surface area contributed by atoms with E-state index in [0.29, 0.717) is 21.8 Å². The summed E-state index contributed by atoms with van der Waals surface area (Å²) in [5.74, 6) is -0.842. The highest BCUT2D eigenvalue weighted by molar-refractivity contribution is 6.30. The van der Waals surface area contributed by atoms with Crippen molar-refractivity contribution in [1.82, 2.24) is 0 Å². The smallest absolute Gasteiger partial charge is 0.354 e. The SMILES string of the molecule is Cc1ccc(NC(=O)c2ccc(OC(=O)/C(C#N)=C/c3ccc(Cl)cc3)cc2)cc1. The predicted octanol–water partition coefficient (Wildman–Crippen LogP) is 5.41. The molecule has 148 valence electrons. The quantitative estimate of drug-likeness (QED) is 0.261. The normalized spacial score (nSPS) is 10.8. The molecule has 5 nitrogen and oxygen atoms in total. The van der Waals surface area contributed by atoms with Gasteiger partial charge < -0.3 is 10.1 Å². The number of hydrogen-bond acceptors (Lipinski definition) is 4. The molecule has 1 N–H and O–H groups in total. The molecule has 0 aliphatic heterocycles. The van der Waals surface area contributed by atoms with Gasteiger partial charge in [0.05, 0.1) is 0 Å². The molecule has 0 aliphatic rings. The molecule has 3 aromatic rings. The van der Waals surface area contributed by atoms with Crippen LogP contribution in [0.25, 0.3) is 6.08 Å². The fourth-order valence-corrected chi connectivity index (χ4v) is 2.67. The number of nitriles is 1. The van der Waals surface area contributed by atoms with Gasteiger partial charge in [0.1, 0.15) is 17.4 Å². The molecule has 0 spiro atoms. The molecule has 0 fully saturated rings. The van der Waals surface area contributed by atoms with Gasteiger partial charge in [0.2, 0.25) is 0 Å². The summed E-state index contributed by atoms with van der Waals surface area (Å²) in [5, 5.41) is 12.6. The maximum absolute atomic E-state index is 12.3.